The highest BCUT2D eigenvalue weighted by Crippen LogP contribution is 2.43. The fourth-order valence-corrected chi connectivity index (χ4v) is 5.75. The molecule has 0 saturated carbocycles. The summed E-state index contributed by atoms with van der Waals surface area (Å²) in [4.78, 5) is 46.5. The van der Waals surface area contributed by atoms with E-state index in [9.17, 15) is 14.4 Å². The summed E-state index contributed by atoms with van der Waals surface area (Å²) in [6, 6.07) is 11.9. The summed E-state index contributed by atoms with van der Waals surface area (Å²) in [6.45, 7) is 8.30. The fraction of sp³-hybridized carbons (Fsp3) is 0.333. The van der Waals surface area contributed by atoms with Gasteiger partial charge in [0, 0.05) is 0 Å². The second-order valence-electron chi connectivity index (χ2n) is 9.51. The van der Waals surface area contributed by atoms with Gasteiger partial charge in [-0.25, -0.2) is 9.78 Å². The van der Waals surface area contributed by atoms with E-state index in [1.165, 1.54) is 4.90 Å². The van der Waals surface area contributed by atoms with Crippen LogP contribution >= 0.6 is 11.3 Å². The van der Waals surface area contributed by atoms with Gasteiger partial charge in [-0.15, -0.1) is 0 Å². The third-order valence-corrected chi connectivity index (χ3v) is 7.83. The van der Waals surface area contributed by atoms with Crippen LogP contribution in [0.25, 0.3) is 11.0 Å². The van der Waals surface area contributed by atoms with Crippen LogP contribution in [0.15, 0.2) is 51.7 Å². The van der Waals surface area contributed by atoms with Crippen molar-refractivity contribution in [3.05, 3.63) is 85.7 Å². The normalized spacial score (nSPS) is 14.6. The molecule has 202 valence electrons. The van der Waals surface area contributed by atoms with Crippen molar-refractivity contribution in [1.82, 2.24) is 4.98 Å². The van der Waals surface area contributed by atoms with Crippen LogP contribution in [0.4, 0.5) is 5.13 Å². The number of nitrogens with zero attached hydrogens (tertiary/aromatic N) is 2. The number of fused-ring (bicyclic) bond motifs is 2. The SMILES string of the molecule is CCCCCOc1ccc(C2c3c(oc4ccc(C)cc4c3=O)C(=O)N2c2nc(C)c(C(=O)OCC)s2)cc1. The lowest BCUT2D eigenvalue weighted by molar-refractivity contribution is 0.0531. The Labute approximate surface area is 230 Å². The maximum Gasteiger partial charge on any atom is 0.350 e. The molecule has 9 heteroatoms. The molecule has 1 atom stereocenters. The van der Waals surface area contributed by atoms with Crippen LogP contribution in [0.3, 0.4) is 0 Å². The van der Waals surface area contributed by atoms with E-state index in [-0.39, 0.29) is 28.5 Å². The number of aryl methyl sites for hydroxylation is 2. The van der Waals surface area contributed by atoms with Gasteiger partial charge in [-0.05, 0) is 57.0 Å². The number of esters is 1. The van der Waals surface area contributed by atoms with E-state index >= 15 is 0 Å². The van der Waals surface area contributed by atoms with Crippen molar-refractivity contribution in [1.29, 1.82) is 0 Å². The Balaban J connectivity index is 1.62. The second-order valence-corrected chi connectivity index (χ2v) is 10.5. The minimum absolute atomic E-state index is 0.0215. The van der Waals surface area contributed by atoms with Crippen LogP contribution < -0.4 is 15.1 Å². The molecule has 1 aliphatic rings. The van der Waals surface area contributed by atoms with Crippen molar-refractivity contribution in [2.24, 2.45) is 0 Å². The lowest BCUT2D eigenvalue weighted by Gasteiger charge is -2.22. The molecule has 1 unspecified atom stereocenters. The van der Waals surface area contributed by atoms with Gasteiger partial charge in [0.1, 0.15) is 16.2 Å². The number of unbranched alkanes of at least 4 members (excludes halogenated alkanes) is 2. The Morgan fingerprint density at radius 2 is 1.85 bits per heavy atom. The summed E-state index contributed by atoms with van der Waals surface area (Å²) in [6.07, 6.45) is 3.17. The van der Waals surface area contributed by atoms with Crippen LogP contribution in [0.2, 0.25) is 0 Å². The van der Waals surface area contributed by atoms with E-state index in [1.54, 1.807) is 26.0 Å². The number of rotatable bonds is 9. The third-order valence-electron chi connectivity index (χ3n) is 6.69. The molecule has 2 aromatic heterocycles. The first-order valence-corrected chi connectivity index (χ1v) is 13.9. The smallest absolute Gasteiger partial charge is 0.350 e. The molecule has 0 spiro atoms. The van der Waals surface area contributed by atoms with Gasteiger partial charge in [0.05, 0.1) is 35.9 Å². The van der Waals surface area contributed by atoms with E-state index in [0.29, 0.717) is 39.5 Å². The second kappa shape index (κ2) is 11.0. The molecule has 39 heavy (non-hydrogen) atoms. The molecule has 5 rings (SSSR count). The number of hydrogen-bond donors (Lipinski definition) is 0. The summed E-state index contributed by atoms with van der Waals surface area (Å²) < 4.78 is 17.1. The minimum Gasteiger partial charge on any atom is -0.494 e. The summed E-state index contributed by atoms with van der Waals surface area (Å²) >= 11 is 1.06. The van der Waals surface area contributed by atoms with E-state index in [0.717, 1.165) is 36.2 Å². The Hall–Kier alpha value is -3.98. The summed E-state index contributed by atoms with van der Waals surface area (Å²) in [5.74, 6) is -0.299. The van der Waals surface area contributed by atoms with Crippen molar-refractivity contribution in [2.75, 3.05) is 18.1 Å². The van der Waals surface area contributed by atoms with Gasteiger partial charge in [0.15, 0.2) is 10.6 Å². The van der Waals surface area contributed by atoms with Crippen LogP contribution in [0.1, 0.15) is 81.8 Å². The average molecular weight is 547 g/mol. The minimum atomic E-state index is -0.789. The molecule has 1 amide bonds. The van der Waals surface area contributed by atoms with E-state index in [4.69, 9.17) is 13.9 Å². The van der Waals surface area contributed by atoms with Gasteiger partial charge in [-0.2, -0.15) is 0 Å². The molecule has 0 radical (unpaired) electrons. The van der Waals surface area contributed by atoms with Gasteiger partial charge in [0.25, 0.3) is 5.91 Å². The Kier molecular flexibility index (Phi) is 7.52. The number of ether oxygens (including phenoxy) is 2. The van der Waals surface area contributed by atoms with Gasteiger partial charge >= 0.3 is 5.97 Å². The predicted molar refractivity (Wildman–Crippen MR) is 150 cm³/mol. The Morgan fingerprint density at radius 1 is 1.08 bits per heavy atom. The summed E-state index contributed by atoms with van der Waals surface area (Å²) in [5.41, 5.74) is 2.39. The standard InChI is InChI=1S/C30H30N2O6S/c1-5-7-8-15-37-20-12-10-19(11-13-20)24-23-25(33)21-16-17(3)9-14-22(21)38-26(23)28(34)32(24)30-31-18(4)27(39-30)29(35)36-6-2/h9-14,16,24H,5-8,15H2,1-4H3. The number of hydrogen-bond acceptors (Lipinski definition) is 8. The molecule has 0 fully saturated rings. The number of amides is 1. The van der Waals surface area contributed by atoms with Crippen molar-refractivity contribution in [3.8, 4) is 5.75 Å². The molecule has 1 aliphatic heterocycles. The molecule has 0 aliphatic carbocycles. The Morgan fingerprint density at radius 3 is 2.56 bits per heavy atom. The van der Waals surface area contributed by atoms with Crippen molar-refractivity contribution < 1.29 is 23.5 Å². The molecule has 0 saturated heterocycles. The first-order valence-electron chi connectivity index (χ1n) is 13.1. The van der Waals surface area contributed by atoms with Crippen LogP contribution in [-0.4, -0.2) is 30.1 Å². The highest BCUT2D eigenvalue weighted by Gasteiger charge is 2.45. The first-order chi connectivity index (χ1) is 18.8. The molecule has 3 heterocycles. The molecular weight excluding hydrogens is 516 g/mol. The topological polar surface area (TPSA) is 98.9 Å². The quantitative estimate of drug-likeness (QED) is 0.178. The van der Waals surface area contributed by atoms with Gasteiger partial charge in [-0.3, -0.25) is 14.5 Å². The fourth-order valence-electron chi connectivity index (χ4n) is 4.76. The molecule has 2 aromatic carbocycles. The zero-order valence-electron chi connectivity index (χ0n) is 22.4. The predicted octanol–water partition coefficient (Wildman–Crippen LogP) is 6.36. The zero-order chi connectivity index (χ0) is 27.7. The van der Waals surface area contributed by atoms with Gasteiger partial charge in [0.2, 0.25) is 5.76 Å². The van der Waals surface area contributed by atoms with Gasteiger partial charge in [-0.1, -0.05) is 54.9 Å². The molecule has 0 bridgehead atoms. The monoisotopic (exact) mass is 546 g/mol. The van der Waals surface area contributed by atoms with Crippen LogP contribution in [0, 0.1) is 13.8 Å². The maximum absolute atomic E-state index is 13.9. The van der Waals surface area contributed by atoms with Crippen LogP contribution in [-0.2, 0) is 4.74 Å². The average Bonchev–Trinajstić information content (AvgIpc) is 3.45. The lowest BCUT2D eigenvalue weighted by Crippen LogP contribution is -2.29. The molecule has 0 N–H and O–H groups in total. The molecular formula is C30H30N2O6S. The number of thiazole rings is 1. The highest BCUT2D eigenvalue weighted by atomic mass is 32.1. The van der Waals surface area contributed by atoms with Crippen molar-refractivity contribution in [3.63, 3.8) is 0 Å². The molecule has 4 aromatic rings. The van der Waals surface area contributed by atoms with Crippen LogP contribution in [0.5, 0.6) is 5.75 Å². The summed E-state index contributed by atoms with van der Waals surface area (Å²) in [5, 5.41) is 0.697. The van der Waals surface area contributed by atoms with E-state index in [1.807, 2.05) is 37.3 Å². The number of carbonyl (C=O) groups is 2. The number of anilines is 1. The first kappa shape index (κ1) is 26.6. The summed E-state index contributed by atoms with van der Waals surface area (Å²) in [7, 11) is 0. The number of benzene rings is 2. The number of aromatic nitrogens is 1. The maximum atomic E-state index is 13.9. The number of carbonyl (C=O) groups excluding carboxylic acids is 2. The third kappa shape index (κ3) is 4.94. The van der Waals surface area contributed by atoms with E-state index in [2.05, 4.69) is 11.9 Å². The van der Waals surface area contributed by atoms with Gasteiger partial charge < -0.3 is 13.9 Å². The molecule has 8 nitrogen and oxygen atoms in total. The van der Waals surface area contributed by atoms with Crippen molar-refractivity contribution in [2.45, 2.75) is 53.0 Å². The lowest BCUT2D eigenvalue weighted by atomic mass is 9.98. The van der Waals surface area contributed by atoms with Crippen molar-refractivity contribution >= 4 is 39.3 Å². The largest absolute Gasteiger partial charge is 0.494 e. The Bertz CT molecular complexity index is 1600. The zero-order valence-corrected chi connectivity index (χ0v) is 23.2. The van der Waals surface area contributed by atoms with E-state index < -0.39 is 17.9 Å². The highest BCUT2D eigenvalue weighted by molar-refractivity contribution is 7.17.